The Morgan fingerprint density at radius 3 is 2.52 bits per heavy atom. The molecule has 0 saturated carbocycles. The SMILES string of the molecule is Cc1ccc(CC(N)Cc2ccnc3ccccc23)cc1. The lowest BCUT2D eigenvalue weighted by molar-refractivity contribution is 0.667. The number of para-hydroxylation sites is 1. The lowest BCUT2D eigenvalue weighted by Gasteiger charge is -2.13. The van der Waals surface area contributed by atoms with E-state index < -0.39 is 0 Å². The number of hydrogen-bond donors (Lipinski definition) is 1. The Bertz CT molecular complexity index is 727. The number of pyridine rings is 1. The standard InChI is InChI=1S/C19H20N2/c1-14-6-8-15(9-7-14)12-17(20)13-16-10-11-21-19-5-3-2-4-18(16)19/h2-11,17H,12-13,20H2,1H3. The number of benzene rings is 2. The van der Waals surface area contributed by atoms with Crippen molar-refractivity contribution in [2.75, 3.05) is 0 Å². The van der Waals surface area contributed by atoms with E-state index in [1.807, 2.05) is 18.3 Å². The van der Waals surface area contributed by atoms with Crippen molar-refractivity contribution in [1.82, 2.24) is 4.98 Å². The predicted octanol–water partition coefficient (Wildman–Crippen LogP) is 3.66. The van der Waals surface area contributed by atoms with Crippen LogP contribution in [0, 0.1) is 6.92 Å². The highest BCUT2D eigenvalue weighted by molar-refractivity contribution is 5.81. The van der Waals surface area contributed by atoms with Crippen molar-refractivity contribution in [2.24, 2.45) is 5.73 Å². The molecule has 0 aliphatic carbocycles. The van der Waals surface area contributed by atoms with Gasteiger partial charge < -0.3 is 5.73 Å². The molecule has 0 radical (unpaired) electrons. The smallest absolute Gasteiger partial charge is 0.0704 e. The molecule has 0 saturated heterocycles. The summed E-state index contributed by atoms with van der Waals surface area (Å²) in [6, 6.07) is 19.1. The molecule has 1 aromatic heterocycles. The average Bonchev–Trinajstić information content (AvgIpc) is 2.50. The van der Waals surface area contributed by atoms with E-state index in [9.17, 15) is 0 Å². The third kappa shape index (κ3) is 3.29. The molecule has 106 valence electrons. The normalized spacial score (nSPS) is 12.5. The van der Waals surface area contributed by atoms with E-state index in [0.29, 0.717) is 0 Å². The summed E-state index contributed by atoms with van der Waals surface area (Å²) in [5, 5.41) is 1.21. The van der Waals surface area contributed by atoms with Gasteiger partial charge in [0, 0.05) is 17.6 Å². The second-order valence-electron chi connectivity index (χ2n) is 5.64. The first-order chi connectivity index (χ1) is 10.2. The number of hydrogen-bond acceptors (Lipinski definition) is 2. The highest BCUT2D eigenvalue weighted by atomic mass is 14.7. The number of aryl methyl sites for hydroxylation is 1. The van der Waals surface area contributed by atoms with Gasteiger partial charge in [-0.1, -0.05) is 48.0 Å². The van der Waals surface area contributed by atoms with E-state index >= 15 is 0 Å². The van der Waals surface area contributed by atoms with Gasteiger partial charge in [0.2, 0.25) is 0 Å². The number of aromatic nitrogens is 1. The maximum absolute atomic E-state index is 6.35. The minimum absolute atomic E-state index is 0.124. The number of nitrogens with zero attached hydrogens (tertiary/aromatic N) is 1. The fourth-order valence-electron chi connectivity index (χ4n) is 2.71. The molecular formula is C19H20N2. The van der Waals surface area contributed by atoms with Crippen LogP contribution in [0.3, 0.4) is 0 Å². The first-order valence-corrected chi connectivity index (χ1v) is 7.36. The number of nitrogens with two attached hydrogens (primary N) is 1. The van der Waals surface area contributed by atoms with Crippen molar-refractivity contribution in [1.29, 1.82) is 0 Å². The third-order valence-electron chi connectivity index (χ3n) is 3.84. The zero-order valence-electron chi connectivity index (χ0n) is 12.3. The zero-order valence-corrected chi connectivity index (χ0v) is 12.3. The van der Waals surface area contributed by atoms with Gasteiger partial charge in [-0.15, -0.1) is 0 Å². The molecule has 3 aromatic rings. The summed E-state index contributed by atoms with van der Waals surface area (Å²) in [6.45, 7) is 2.10. The van der Waals surface area contributed by atoms with Crippen molar-refractivity contribution in [3.8, 4) is 0 Å². The quantitative estimate of drug-likeness (QED) is 0.790. The molecule has 1 unspecified atom stereocenters. The summed E-state index contributed by atoms with van der Waals surface area (Å²) in [4.78, 5) is 4.40. The molecule has 0 spiro atoms. The Morgan fingerprint density at radius 2 is 1.71 bits per heavy atom. The molecule has 2 aromatic carbocycles. The van der Waals surface area contributed by atoms with E-state index in [1.54, 1.807) is 0 Å². The zero-order chi connectivity index (χ0) is 14.7. The van der Waals surface area contributed by atoms with Crippen molar-refractivity contribution in [3.63, 3.8) is 0 Å². The van der Waals surface area contributed by atoms with Crippen molar-refractivity contribution >= 4 is 10.9 Å². The second kappa shape index (κ2) is 6.06. The minimum Gasteiger partial charge on any atom is -0.327 e. The monoisotopic (exact) mass is 276 g/mol. The van der Waals surface area contributed by atoms with E-state index in [4.69, 9.17) is 5.73 Å². The van der Waals surface area contributed by atoms with Crippen LogP contribution in [0.25, 0.3) is 10.9 Å². The fraction of sp³-hybridized carbons (Fsp3) is 0.211. The fourth-order valence-corrected chi connectivity index (χ4v) is 2.71. The molecule has 0 aliphatic rings. The van der Waals surface area contributed by atoms with Gasteiger partial charge in [-0.3, -0.25) is 4.98 Å². The molecule has 1 heterocycles. The summed E-state index contributed by atoms with van der Waals surface area (Å²) in [6.07, 6.45) is 3.64. The Kier molecular flexibility index (Phi) is 3.98. The summed E-state index contributed by atoms with van der Waals surface area (Å²) < 4.78 is 0. The maximum atomic E-state index is 6.35. The van der Waals surface area contributed by atoms with E-state index in [2.05, 4.69) is 54.4 Å². The van der Waals surface area contributed by atoms with Crippen LogP contribution < -0.4 is 5.73 Å². The molecule has 0 aliphatic heterocycles. The number of fused-ring (bicyclic) bond motifs is 1. The summed E-state index contributed by atoms with van der Waals surface area (Å²) in [7, 11) is 0. The van der Waals surface area contributed by atoms with Crippen LogP contribution >= 0.6 is 0 Å². The Balaban J connectivity index is 1.77. The van der Waals surface area contributed by atoms with Crippen LogP contribution in [0.5, 0.6) is 0 Å². The van der Waals surface area contributed by atoms with Crippen LogP contribution in [0.1, 0.15) is 16.7 Å². The molecule has 21 heavy (non-hydrogen) atoms. The van der Waals surface area contributed by atoms with E-state index in [1.165, 1.54) is 22.1 Å². The number of rotatable bonds is 4. The van der Waals surface area contributed by atoms with Gasteiger partial charge in [0.25, 0.3) is 0 Å². The topological polar surface area (TPSA) is 38.9 Å². The molecule has 0 bridgehead atoms. The van der Waals surface area contributed by atoms with Crippen LogP contribution in [0.15, 0.2) is 60.8 Å². The highest BCUT2D eigenvalue weighted by Crippen LogP contribution is 2.18. The van der Waals surface area contributed by atoms with Gasteiger partial charge in [0.05, 0.1) is 5.52 Å². The first-order valence-electron chi connectivity index (χ1n) is 7.36. The molecule has 3 rings (SSSR count). The van der Waals surface area contributed by atoms with Crippen LogP contribution in [-0.4, -0.2) is 11.0 Å². The van der Waals surface area contributed by atoms with Crippen LogP contribution in [-0.2, 0) is 12.8 Å². The minimum atomic E-state index is 0.124. The Hall–Kier alpha value is -2.19. The van der Waals surface area contributed by atoms with Gasteiger partial charge in [-0.2, -0.15) is 0 Å². The lowest BCUT2D eigenvalue weighted by Crippen LogP contribution is -2.25. The molecule has 1 atom stereocenters. The van der Waals surface area contributed by atoms with Crippen LogP contribution in [0.4, 0.5) is 0 Å². The van der Waals surface area contributed by atoms with Gasteiger partial charge in [-0.05, 0) is 43.0 Å². The van der Waals surface area contributed by atoms with Gasteiger partial charge >= 0.3 is 0 Å². The van der Waals surface area contributed by atoms with Gasteiger partial charge in [0.1, 0.15) is 0 Å². The first kappa shape index (κ1) is 13.8. The molecule has 2 N–H and O–H groups in total. The van der Waals surface area contributed by atoms with Crippen molar-refractivity contribution in [2.45, 2.75) is 25.8 Å². The third-order valence-corrected chi connectivity index (χ3v) is 3.84. The lowest BCUT2D eigenvalue weighted by atomic mass is 9.97. The predicted molar refractivity (Wildman–Crippen MR) is 88.3 cm³/mol. The van der Waals surface area contributed by atoms with Crippen molar-refractivity contribution < 1.29 is 0 Å². The van der Waals surface area contributed by atoms with Crippen LogP contribution in [0.2, 0.25) is 0 Å². The molecule has 2 heteroatoms. The molecular weight excluding hydrogens is 256 g/mol. The highest BCUT2D eigenvalue weighted by Gasteiger charge is 2.08. The molecule has 0 amide bonds. The van der Waals surface area contributed by atoms with Crippen molar-refractivity contribution in [3.05, 3.63) is 77.5 Å². The Labute approximate surface area is 125 Å². The summed E-state index contributed by atoms with van der Waals surface area (Å²) in [5.41, 5.74) is 11.2. The second-order valence-corrected chi connectivity index (χ2v) is 5.64. The van der Waals surface area contributed by atoms with Gasteiger partial charge in [0.15, 0.2) is 0 Å². The maximum Gasteiger partial charge on any atom is 0.0704 e. The Morgan fingerprint density at radius 1 is 0.952 bits per heavy atom. The van der Waals surface area contributed by atoms with Gasteiger partial charge in [-0.25, -0.2) is 0 Å². The summed E-state index contributed by atoms with van der Waals surface area (Å²) >= 11 is 0. The molecule has 0 fully saturated rings. The summed E-state index contributed by atoms with van der Waals surface area (Å²) in [5.74, 6) is 0. The van der Waals surface area contributed by atoms with E-state index in [0.717, 1.165) is 18.4 Å². The van der Waals surface area contributed by atoms with E-state index in [-0.39, 0.29) is 6.04 Å². The molecule has 2 nitrogen and oxygen atoms in total. The average molecular weight is 276 g/mol. The largest absolute Gasteiger partial charge is 0.327 e.